The van der Waals surface area contributed by atoms with Gasteiger partial charge in [0.25, 0.3) is 0 Å². The first kappa shape index (κ1) is 90.3. The summed E-state index contributed by atoms with van der Waals surface area (Å²) in [6.07, 6.45) is -50.4. The highest BCUT2D eigenvalue weighted by Gasteiger charge is 2.74. The maximum Gasteiger partial charge on any atom is 0.331 e. The molecule has 39 atom stereocenters. The Bertz CT molecular complexity index is 3660. The topological polar surface area (TPSA) is 580 Å². The van der Waals surface area contributed by atoms with Crippen LogP contribution in [0.4, 0.5) is 0 Å². The third-order valence-corrected chi connectivity index (χ3v) is 27.5. The number of aliphatic carboxylic acids is 1. The van der Waals surface area contributed by atoms with Crippen molar-refractivity contribution in [3.8, 4) is 11.5 Å². The lowest BCUT2D eigenvalue weighted by Gasteiger charge is -2.71. The predicted molar refractivity (Wildman–Crippen MR) is 386 cm³/mol. The van der Waals surface area contributed by atoms with Gasteiger partial charge in [0.1, 0.15) is 116 Å². The first-order valence-electron chi connectivity index (χ1n) is 39.6. The lowest BCUT2D eigenvalue weighted by atomic mass is 9.33. The molecule has 1 aromatic rings. The Hall–Kier alpha value is -4.94. The van der Waals surface area contributed by atoms with Gasteiger partial charge in [-0.1, -0.05) is 45.4 Å². The fourth-order valence-corrected chi connectivity index (χ4v) is 21.0. The lowest BCUT2D eigenvalue weighted by molar-refractivity contribution is -0.393. The Kier molecular flexibility index (Phi) is 27.3. The smallest absolute Gasteiger partial charge is 0.331 e. The molecule has 4 saturated carbocycles. The van der Waals surface area contributed by atoms with Gasteiger partial charge in [0.2, 0.25) is 6.29 Å². The van der Waals surface area contributed by atoms with Gasteiger partial charge in [-0.05, 0) is 136 Å². The van der Waals surface area contributed by atoms with E-state index >= 15 is 4.79 Å². The van der Waals surface area contributed by atoms with E-state index in [4.69, 9.17) is 75.8 Å². The second-order valence-electron chi connectivity index (χ2n) is 34.7. The molecular weight excluding hydrogens is 1540 g/mol. The molecule has 0 unspecified atom stereocenters. The van der Waals surface area contributed by atoms with E-state index in [1.54, 1.807) is 18.2 Å². The fraction of sp³-hybridized carbons (Fsp3) is 0.821. The molecule has 38 heteroatoms. The van der Waals surface area contributed by atoms with Crippen molar-refractivity contribution < 1.29 is 187 Å². The Labute approximate surface area is 668 Å². The molecule has 6 saturated heterocycles. The third-order valence-electron chi connectivity index (χ3n) is 27.5. The van der Waals surface area contributed by atoms with Crippen LogP contribution in [0.5, 0.6) is 11.5 Å². The second-order valence-corrected chi connectivity index (χ2v) is 34.7. The number of methoxy groups -OCH3 is 2. The van der Waals surface area contributed by atoms with E-state index in [9.17, 15) is 106 Å². The third kappa shape index (κ3) is 16.1. The summed E-state index contributed by atoms with van der Waals surface area (Å²) in [7, 11) is 2.83. The number of carbonyl (C=O) groups excluding carboxylic acids is 3. The van der Waals surface area contributed by atoms with Crippen LogP contribution in [-0.2, 0) is 85.5 Å². The van der Waals surface area contributed by atoms with Crippen LogP contribution in [0.15, 0.2) is 35.9 Å². The van der Waals surface area contributed by atoms with Gasteiger partial charge in [-0.25, -0.2) is 4.79 Å². The summed E-state index contributed by atoms with van der Waals surface area (Å²) in [5, 5.41) is 200. The average molecular weight is 1660 g/mol. The summed E-state index contributed by atoms with van der Waals surface area (Å²) in [5.41, 5.74) is -5.80. The van der Waals surface area contributed by atoms with Gasteiger partial charge in [-0.15, -0.1) is 0 Å². The monoisotopic (exact) mass is 1660 g/mol. The van der Waals surface area contributed by atoms with Gasteiger partial charge in [-0.2, -0.15) is 0 Å². The molecule has 1 aromatic carbocycles. The molecule has 0 spiro atoms. The van der Waals surface area contributed by atoms with E-state index in [0.717, 1.165) is 18.6 Å². The van der Waals surface area contributed by atoms with Crippen LogP contribution in [0.3, 0.4) is 0 Å². The number of benzene rings is 1. The number of carboxylic acid groups (broad SMARTS) is 1. The summed E-state index contributed by atoms with van der Waals surface area (Å²) in [4.78, 5) is 58.3. The van der Waals surface area contributed by atoms with Crippen molar-refractivity contribution in [1.82, 2.24) is 0 Å². The zero-order valence-corrected chi connectivity index (χ0v) is 66.2. The summed E-state index contributed by atoms with van der Waals surface area (Å²) in [6.45, 7) is 9.61. The molecule has 116 heavy (non-hydrogen) atoms. The van der Waals surface area contributed by atoms with Crippen LogP contribution in [0, 0.1) is 50.2 Å². The van der Waals surface area contributed by atoms with Crippen molar-refractivity contribution in [1.29, 1.82) is 0 Å². The van der Waals surface area contributed by atoms with Crippen molar-refractivity contribution in [2.45, 2.75) is 304 Å². The van der Waals surface area contributed by atoms with Crippen LogP contribution < -0.4 is 9.47 Å². The van der Waals surface area contributed by atoms with Crippen molar-refractivity contribution in [3.05, 3.63) is 41.5 Å². The molecule has 38 nitrogen and oxygen atoms in total. The van der Waals surface area contributed by atoms with Crippen LogP contribution >= 0.6 is 0 Å². The molecule has 656 valence electrons. The number of fused-ring (bicyclic) bond motifs is 7. The molecule has 6 aliphatic heterocycles. The first-order valence-corrected chi connectivity index (χ1v) is 39.6. The summed E-state index contributed by atoms with van der Waals surface area (Å²) < 4.78 is 97.2. The maximum absolute atomic E-state index is 16.5. The maximum atomic E-state index is 16.5. The molecule has 12 rings (SSSR count). The van der Waals surface area contributed by atoms with Crippen LogP contribution in [0.2, 0.25) is 0 Å². The number of rotatable bonds is 23. The number of carbonyl (C=O) groups is 4. The van der Waals surface area contributed by atoms with Gasteiger partial charge in [-0.3, -0.25) is 14.4 Å². The minimum absolute atomic E-state index is 0.0401. The minimum Gasteiger partial charge on any atom is -0.493 e. The molecule has 11 aliphatic rings. The summed E-state index contributed by atoms with van der Waals surface area (Å²) in [5.74, 6) is -5.62. The predicted octanol–water partition coefficient (Wildman–Crippen LogP) is -3.83. The molecule has 5 aliphatic carbocycles. The quantitative estimate of drug-likeness (QED) is 0.0164. The van der Waals surface area contributed by atoms with Gasteiger partial charge < -0.3 is 168 Å². The van der Waals surface area contributed by atoms with Gasteiger partial charge >= 0.3 is 23.9 Å². The number of ether oxygens (including phenoxy) is 16. The van der Waals surface area contributed by atoms with Crippen LogP contribution in [0.1, 0.15) is 119 Å². The molecule has 0 radical (unpaired) electrons. The van der Waals surface area contributed by atoms with Crippen molar-refractivity contribution in [2.75, 3.05) is 47.3 Å². The number of aliphatic hydroxyl groups excluding tert-OH is 17. The molecule has 6 heterocycles. The first-order chi connectivity index (χ1) is 54.7. The SMILES string of the molecule is COc1ccc(/C=C/C(=O)O[C@@H]2[C@H](O[C@@H]3O[C@H](CO)[C@@H](O)[C@H](O)[C@H]3O)[C@@H](O[C@@H]3O[C@@H](C)[C@H](O[C@@H]4OC[C@@H](O[C@@H]5O[C@H](CO)[C@H](O)[C@H](O)[C@H]5O)[C@H](O)[C@H]4O)[C@@H](OC(C)=O)[C@H]3O)[C@H](OC(=O)[C@]34CCC(C)(C)C[C@H]3C3=CC[C@@H]5[C@@]6(C)C[C@H](O)[C@H](O[C@@H]7O[C@H](CO)[C@@H](O)[C@H](O)[C@H]7O)[C@@](C)(C(=O)O)[C@@H]6CC[C@@]5(C)[C@]3(CO)CC4)O[C@@H]2C)cc1OC. The van der Waals surface area contributed by atoms with E-state index < -0.39 is 297 Å². The van der Waals surface area contributed by atoms with E-state index in [0.29, 0.717) is 36.3 Å². The van der Waals surface area contributed by atoms with E-state index in [1.165, 1.54) is 41.1 Å². The van der Waals surface area contributed by atoms with Crippen molar-refractivity contribution >= 4 is 30.0 Å². The van der Waals surface area contributed by atoms with Gasteiger partial charge in [0, 0.05) is 18.4 Å². The van der Waals surface area contributed by atoms with Crippen LogP contribution in [0.25, 0.3) is 6.08 Å². The number of allylic oxidation sites excluding steroid dienone is 1. The second kappa shape index (κ2) is 35.1. The van der Waals surface area contributed by atoms with Crippen LogP contribution in [-0.4, -0.2) is 353 Å². The zero-order chi connectivity index (χ0) is 84.7. The standard InChI is InChI=1S/C78H116O38/c1-31-59(112-65-54(93)50(89)43(29-103-65)110-66-55(94)51(90)47(86)40(26-79)107-66)61(106-33(3)83)58(97)69(104-31)114-63-62(113-67-56(95)52(91)48(87)41(27-80)108-67)60(111-46(85)16-12-34-11-14-38(101-9)39(23-34)102-10)32(2)105-70(63)116-72(100)77-20-19-73(4,5)24-36(77)35-13-15-44-74(6)25-37(84)64(115-68-57(96)53(92)49(88)42(28-81)109-68)76(8,71(98)99)45(74)17-18-75(44,7)78(35,30-82)22-21-77/h11-14,16,23,31-32,36-37,40-45,47-70,79-82,84,86-97H,15,17-22,24-30H2,1-10H3,(H,98,99)/b16-12+/t31-,32+,36-,37-,40+,41+,42+,43+,44+,45+,47-,48+,49+,50-,51-,52-,53-,54+,55+,56+,57+,58+,59-,60-,61-,62-,63+,64-,65-,66-,67-,68-,69-,70-,74+,75+,76-,77-,78-/m0/s1. The Morgan fingerprint density at radius 1 is 0.526 bits per heavy atom. The molecule has 0 amide bonds. The number of carboxylic acids is 1. The van der Waals surface area contributed by atoms with Crippen molar-refractivity contribution in [2.24, 2.45) is 50.2 Å². The minimum atomic E-state index is -2.22. The number of aliphatic hydroxyl groups is 17. The Morgan fingerprint density at radius 3 is 1.63 bits per heavy atom. The molecule has 10 fully saturated rings. The highest BCUT2D eigenvalue weighted by atomic mass is 16.8. The highest BCUT2D eigenvalue weighted by molar-refractivity contribution is 5.87. The van der Waals surface area contributed by atoms with E-state index in [1.807, 2.05) is 26.8 Å². The van der Waals surface area contributed by atoms with Crippen molar-refractivity contribution in [3.63, 3.8) is 0 Å². The summed E-state index contributed by atoms with van der Waals surface area (Å²) in [6, 6.07) is 4.74. The Morgan fingerprint density at radius 2 is 1.06 bits per heavy atom. The largest absolute Gasteiger partial charge is 0.493 e. The Balaban J connectivity index is 0.886. The highest BCUT2D eigenvalue weighted by Crippen LogP contribution is 2.76. The number of hydrogen-bond acceptors (Lipinski definition) is 37. The normalized spacial score (nSPS) is 48.1. The molecule has 18 N–H and O–H groups in total. The van der Waals surface area contributed by atoms with E-state index in [2.05, 4.69) is 6.92 Å². The lowest BCUT2D eigenvalue weighted by Crippen LogP contribution is -2.71. The molecular formula is C78H116O38. The zero-order valence-electron chi connectivity index (χ0n) is 66.2. The number of hydrogen-bond donors (Lipinski definition) is 18. The van der Waals surface area contributed by atoms with E-state index in [-0.39, 0.29) is 38.5 Å². The van der Waals surface area contributed by atoms with Gasteiger partial charge in [0.05, 0.1) is 76.4 Å². The van der Waals surface area contributed by atoms with Gasteiger partial charge in [0.15, 0.2) is 61.3 Å². The number of esters is 3. The molecule has 0 aromatic heterocycles. The fourth-order valence-electron chi connectivity index (χ4n) is 21.0. The molecule has 0 bridgehead atoms. The summed E-state index contributed by atoms with van der Waals surface area (Å²) >= 11 is 0. The average Bonchev–Trinajstić information content (AvgIpc) is 0.667.